The van der Waals surface area contributed by atoms with Gasteiger partial charge in [-0.15, -0.1) is 0 Å². The first-order valence-corrected chi connectivity index (χ1v) is 4.55. The normalized spacial score (nSPS) is 23.2. The van der Waals surface area contributed by atoms with Gasteiger partial charge in [-0.05, 0) is 23.8 Å². The maximum absolute atomic E-state index is 12.7. The molecule has 1 saturated carbocycles. The van der Waals surface area contributed by atoms with E-state index < -0.39 is 30.0 Å². The fourth-order valence-electron chi connectivity index (χ4n) is 1.62. The van der Waals surface area contributed by atoms with Crippen molar-refractivity contribution in [3.05, 3.63) is 29.3 Å². The average molecular weight is 237 g/mol. The van der Waals surface area contributed by atoms with Crippen LogP contribution in [0.4, 0.5) is 27.6 Å². The van der Waals surface area contributed by atoms with E-state index in [4.69, 9.17) is 5.73 Å². The molecule has 16 heavy (non-hydrogen) atoms. The van der Waals surface area contributed by atoms with Crippen LogP contribution in [0.25, 0.3) is 0 Å². The minimum atomic E-state index is -4.56. The third-order valence-corrected chi connectivity index (χ3v) is 2.53. The van der Waals surface area contributed by atoms with Gasteiger partial charge in [0.25, 0.3) is 5.92 Å². The van der Waals surface area contributed by atoms with Crippen molar-refractivity contribution in [2.45, 2.75) is 24.4 Å². The quantitative estimate of drug-likeness (QED) is 0.587. The molecule has 1 fully saturated rings. The van der Waals surface area contributed by atoms with Crippen molar-refractivity contribution in [2.24, 2.45) is 0 Å². The van der Waals surface area contributed by atoms with Crippen LogP contribution in [-0.4, -0.2) is 5.92 Å². The second-order valence-corrected chi connectivity index (χ2v) is 3.90. The number of nitrogens with two attached hydrogens (primary N) is 1. The van der Waals surface area contributed by atoms with Gasteiger partial charge in [-0.1, -0.05) is 0 Å². The fourth-order valence-corrected chi connectivity index (χ4v) is 1.62. The monoisotopic (exact) mass is 237 g/mol. The summed E-state index contributed by atoms with van der Waals surface area (Å²) in [6, 6.07) is 2.65. The van der Waals surface area contributed by atoms with Crippen LogP contribution in [0.2, 0.25) is 0 Å². The zero-order valence-electron chi connectivity index (χ0n) is 7.98. The number of hydrogen-bond acceptors (Lipinski definition) is 1. The Labute approximate surface area is 88.1 Å². The molecule has 1 unspecified atom stereocenters. The summed E-state index contributed by atoms with van der Waals surface area (Å²) in [4.78, 5) is 0. The third-order valence-electron chi connectivity index (χ3n) is 2.53. The van der Waals surface area contributed by atoms with Crippen LogP contribution in [0.1, 0.15) is 23.5 Å². The maximum Gasteiger partial charge on any atom is 0.416 e. The lowest BCUT2D eigenvalue weighted by Gasteiger charge is -2.10. The Hall–Kier alpha value is -1.33. The van der Waals surface area contributed by atoms with Crippen molar-refractivity contribution < 1.29 is 22.0 Å². The summed E-state index contributed by atoms with van der Waals surface area (Å²) in [5.41, 5.74) is 4.09. The predicted octanol–water partition coefficient (Wildman–Crippen LogP) is 3.41. The van der Waals surface area contributed by atoms with Crippen LogP contribution >= 0.6 is 0 Å². The lowest BCUT2D eigenvalue weighted by Crippen LogP contribution is -2.07. The Morgan fingerprint density at radius 2 is 1.75 bits per heavy atom. The number of anilines is 1. The van der Waals surface area contributed by atoms with Gasteiger partial charge in [-0.2, -0.15) is 13.2 Å². The molecule has 0 amide bonds. The van der Waals surface area contributed by atoms with E-state index in [-0.39, 0.29) is 11.3 Å². The molecule has 2 rings (SSSR count). The first-order chi connectivity index (χ1) is 7.20. The summed E-state index contributed by atoms with van der Waals surface area (Å²) in [6.07, 6.45) is -4.97. The molecule has 1 aromatic carbocycles. The molecule has 0 aromatic heterocycles. The van der Waals surface area contributed by atoms with E-state index in [9.17, 15) is 22.0 Å². The second-order valence-electron chi connectivity index (χ2n) is 3.90. The van der Waals surface area contributed by atoms with E-state index >= 15 is 0 Å². The highest BCUT2D eigenvalue weighted by Crippen LogP contribution is 2.56. The molecule has 1 atom stereocenters. The SMILES string of the molecule is Nc1cc(C2CC2(F)F)cc(C(F)(F)F)c1. The Morgan fingerprint density at radius 1 is 1.19 bits per heavy atom. The molecule has 0 bridgehead atoms. The van der Waals surface area contributed by atoms with E-state index in [1.165, 1.54) is 6.07 Å². The molecule has 1 aromatic rings. The highest BCUT2D eigenvalue weighted by molar-refractivity contribution is 5.48. The standard InChI is InChI=1S/C10H8F5N/c11-9(12)4-8(9)5-1-6(10(13,14)15)3-7(16)2-5/h1-3,8H,4,16H2. The van der Waals surface area contributed by atoms with Gasteiger partial charge < -0.3 is 5.73 Å². The van der Waals surface area contributed by atoms with Crippen molar-refractivity contribution in [2.75, 3.05) is 5.73 Å². The summed E-state index contributed by atoms with van der Waals surface area (Å²) >= 11 is 0. The number of halogens is 5. The van der Waals surface area contributed by atoms with Gasteiger partial charge in [0, 0.05) is 12.1 Å². The lowest BCUT2D eigenvalue weighted by molar-refractivity contribution is -0.137. The summed E-state index contributed by atoms with van der Waals surface area (Å²) in [6.45, 7) is 0. The zero-order chi connectivity index (χ0) is 12.1. The fraction of sp³-hybridized carbons (Fsp3) is 0.400. The molecule has 1 aliphatic rings. The number of nitrogen functional groups attached to an aromatic ring is 1. The Morgan fingerprint density at radius 3 is 2.19 bits per heavy atom. The van der Waals surface area contributed by atoms with Crippen molar-refractivity contribution >= 4 is 5.69 Å². The predicted molar refractivity (Wildman–Crippen MR) is 48.2 cm³/mol. The van der Waals surface area contributed by atoms with Gasteiger partial charge in [0.1, 0.15) is 0 Å². The lowest BCUT2D eigenvalue weighted by atomic mass is 10.1. The van der Waals surface area contributed by atoms with E-state index in [0.717, 1.165) is 12.1 Å². The van der Waals surface area contributed by atoms with Crippen molar-refractivity contribution in [3.63, 3.8) is 0 Å². The minimum absolute atomic E-state index is 0.0441. The molecular weight excluding hydrogens is 229 g/mol. The van der Waals surface area contributed by atoms with Crippen LogP contribution in [0, 0.1) is 0 Å². The van der Waals surface area contributed by atoms with Gasteiger partial charge in [0.2, 0.25) is 0 Å². The van der Waals surface area contributed by atoms with Crippen molar-refractivity contribution in [1.29, 1.82) is 0 Å². The van der Waals surface area contributed by atoms with Gasteiger partial charge in [-0.3, -0.25) is 0 Å². The topological polar surface area (TPSA) is 26.0 Å². The Bertz CT molecular complexity index is 424. The largest absolute Gasteiger partial charge is 0.416 e. The first kappa shape index (κ1) is 11.2. The zero-order valence-corrected chi connectivity index (χ0v) is 7.98. The number of rotatable bonds is 1. The molecule has 1 nitrogen and oxygen atoms in total. The van der Waals surface area contributed by atoms with E-state index in [2.05, 4.69) is 0 Å². The molecule has 0 radical (unpaired) electrons. The molecule has 0 aliphatic heterocycles. The van der Waals surface area contributed by atoms with Crippen LogP contribution in [0.5, 0.6) is 0 Å². The minimum Gasteiger partial charge on any atom is -0.399 e. The van der Waals surface area contributed by atoms with Crippen LogP contribution in [-0.2, 0) is 6.18 Å². The highest BCUT2D eigenvalue weighted by atomic mass is 19.4. The molecule has 88 valence electrons. The van der Waals surface area contributed by atoms with Crippen LogP contribution in [0.3, 0.4) is 0 Å². The molecular formula is C10H8F5N. The molecule has 1 aliphatic carbocycles. The molecule has 6 heteroatoms. The van der Waals surface area contributed by atoms with Crippen molar-refractivity contribution in [1.82, 2.24) is 0 Å². The third kappa shape index (κ3) is 1.96. The summed E-state index contributed by atoms with van der Waals surface area (Å²) in [5, 5.41) is 0. The summed E-state index contributed by atoms with van der Waals surface area (Å²) < 4.78 is 62.6. The van der Waals surface area contributed by atoms with E-state index in [1.807, 2.05) is 0 Å². The van der Waals surface area contributed by atoms with Gasteiger partial charge in [-0.25, -0.2) is 8.78 Å². The number of alkyl halides is 5. The number of benzene rings is 1. The maximum atomic E-state index is 12.7. The second kappa shape index (κ2) is 3.09. The molecule has 0 heterocycles. The molecule has 2 N–H and O–H groups in total. The van der Waals surface area contributed by atoms with E-state index in [1.54, 1.807) is 0 Å². The van der Waals surface area contributed by atoms with Gasteiger partial charge >= 0.3 is 6.18 Å². The first-order valence-electron chi connectivity index (χ1n) is 4.55. The van der Waals surface area contributed by atoms with E-state index in [0.29, 0.717) is 0 Å². The van der Waals surface area contributed by atoms with Crippen LogP contribution < -0.4 is 5.73 Å². The molecule has 0 spiro atoms. The number of hydrogen-bond donors (Lipinski definition) is 1. The van der Waals surface area contributed by atoms with Crippen LogP contribution in [0.15, 0.2) is 18.2 Å². The Kier molecular flexibility index (Phi) is 2.15. The smallest absolute Gasteiger partial charge is 0.399 e. The van der Waals surface area contributed by atoms with Crippen molar-refractivity contribution in [3.8, 4) is 0 Å². The summed E-state index contributed by atoms with van der Waals surface area (Å²) in [7, 11) is 0. The summed E-state index contributed by atoms with van der Waals surface area (Å²) in [5.74, 6) is -4.02. The highest BCUT2D eigenvalue weighted by Gasteiger charge is 2.57. The average Bonchev–Trinajstić information content (AvgIpc) is 2.72. The Balaban J connectivity index is 2.38. The molecule has 0 saturated heterocycles. The van der Waals surface area contributed by atoms with Gasteiger partial charge in [0.15, 0.2) is 0 Å². The van der Waals surface area contributed by atoms with Gasteiger partial charge in [0.05, 0.1) is 11.5 Å².